The van der Waals surface area contributed by atoms with Gasteiger partial charge in [0.1, 0.15) is 25.4 Å². The zero-order chi connectivity index (χ0) is 13.8. The first-order valence-electron chi connectivity index (χ1n) is 6.69. The van der Waals surface area contributed by atoms with E-state index in [0.717, 1.165) is 30.0 Å². The largest absolute Gasteiger partial charge is 0.484 e. The van der Waals surface area contributed by atoms with E-state index in [0.29, 0.717) is 24.8 Å². The molecule has 1 N–H and O–H groups in total. The van der Waals surface area contributed by atoms with Crippen molar-refractivity contribution in [2.75, 3.05) is 25.1 Å². The topological polar surface area (TPSA) is 69.2 Å². The summed E-state index contributed by atoms with van der Waals surface area (Å²) < 4.78 is 10.9. The Labute approximate surface area is 117 Å². The van der Waals surface area contributed by atoms with E-state index in [1.165, 1.54) is 0 Å². The van der Waals surface area contributed by atoms with Crippen molar-refractivity contribution >= 4 is 5.82 Å². The van der Waals surface area contributed by atoms with Crippen LogP contribution >= 0.6 is 0 Å². The van der Waals surface area contributed by atoms with E-state index >= 15 is 0 Å². The monoisotopic (exact) mass is 272 g/mol. The van der Waals surface area contributed by atoms with Crippen LogP contribution in [0.25, 0.3) is 11.3 Å². The van der Waals surface area contributed by atoms with Crippen molar-refractivity contribution in [2.24, 2.45) is 0 Å². The number of anilines is 1. The van der Waals surface area contributed by atoms with Crippen molar-refractivity contribution in [3.8, 4) is 22.9 Å². The molecule has 6 nitrogen and oxygen atoms in total. The Hall–Kier alpha value is -2.37. The van der Waals surface area contributed by atoms with Gasteiger partial charge in [0, 0.05) is 24.4 Å². The van der Waals surface area contributed by atoms with Gasteiger partial charge in [0.25, 0.3) is 5.88 Å². The minimum atomic E-state index is 0.540. The Balaban J connectivity index is 1.88. The van der Waals surface area contributed by atoms with Crippen LogP contribution in [0.1, 0.15) is 13.3 Å². The third-order valence-electron chi connectivity index (χ3n) is 2.92. The van der Waals surface area contributed by atoms with E-state index < -0.39 is 0 Å². The Morgan fingerprint density at radius 2 is 2.05 bits per heavy atom. The number of fused-ring (bicyclic) bond motifs is 1. The summed E-state index contributed by atoms with van der Waals surface area (Å²) in [5, 5.41) is 3.24. The molecule has 0 aliphatic carbocycles. The van der Waals surface area contributed by atoms with Crippen LogP contribution in [0.3, 0.4) is 0 Å². The predicted molar refractivity (Wildman–Crippen MR) is 75.0 cm³/mol. The van der Waals surface area contributed by atoms with Gasteiger partial charge in [-0.1, -0.05) is 6.92 Å². The Bertz CT molecular complexity index is 603. The molecular weight excluding hydrogens is 256 g/mol. The number of rotatable bonds is 4. The smallest absolute Gasteiger partial charge is 0.257 e. The first-order chi connectivity index (χ1) is 9.86. The Kier molecular flexibility index (Phi) is 3.62. The lowest BCUT2D eigenvalue weighted by molar-refractivity contribution is 0.164. The summed E-state index contributed by atoms with van der Waals surface area (Å²) >= 11 is 0. The van der Waals surface area contributed by atoms with Crippen molar-refractivity contribution in [1.29, 1.82) is 0 Å². The van der Waals surface area contributed by atoms with Gasteiger partial charge in [-0.15, -0.1) is 0 Å². The van der Waals surface area contributed by atoms with E-state index in [-0.39, 0.29) is 0 Å². The van der Waals surface area contributed by atoms with Crippen molar-refractivity contribution in [3.05, 3.63) is 24.7 Å². The van der Waals surface area contributed by atoms with Gasteiger partial charge in [-0.25, -0.2) is 15.0 Å². The van der Waals surface area contributed by atoms with E-state index in [1.54, 1.807) is 12.5 Å². The second-order valence-corrected chi connectivity index (χ2v) is 4.44. The summed E-state index contributed by atoms with van der Waals surface area (Å²) in [6, 6.07) is 3.80. The van der Waals surface area contributed by atoms with Crippen molar-refractivity contribution in [2.45, 2.75) is 13.3 Å². The fraction of sp³-hybridized carbons (Fsp3) is 0.357. The maximum absolute atomic E-state index is 5.53. The van der Waals surface area contributed by atoms with E-state index in [2.05, 4.69) is 27.2 Å². The highest BCUT2D eigenvalue weighted by Crippen LogP contribution is 2.31. The van der Waals surface area contributed by atoms with Gasteiger partial charge < -0.3 is 14.8 Å². The summed E-state index contributed by atoms with van der Waals surface area (Å²) in [5.74, 6) is 2.01. The third kappa shape index (κ3) is 2.64. The molecule has 0 aromatic carbocycles. The molecular formula is C14H16N4O2. The molecule has 2 aromatic heterocycles. The molecule has 0 fully saturated rings. The van der Waals surface area contributed by atoms with Crippen LogP contribution < -0.4 is 14.8 Å². The fourth-order valence-electron chi connectivity index (χ4n) is 1.94. The highest BCUT2D eigenvalue weighted by atomic mass is 16.6. The zero-order valence-electron chi connectivity index (χ0n) is 11.3. The highest BCUT2D eigenvalue weighted by molar-refractivity contribution is 5.64. The molecule has 3 rings (SSSR count). The summed E-state index contributed by atoms with van der Waals surface area (Å²) in [4.78, 5) is 12.7. The zero-order valence-corrected chi connectivity index (χ0v) is 11.3. The molecule has 104 valence electrons. The average molecular weight is 272 g/mol. The summed E-state index contributed by atoms with van der Waals surface area (Å²) in [5.41, 5.74) is 1.69. The Morgan fingerprint density at radius 3 is 2.95 bits per heavy atom. The first-order valence-corrected chi connectivity index (χ1v) is 6.69. The van der Waals surface area contributed by atoms with Crippen LogP contribution in [-0.2, 0) is 0 Å². The Morgan fingerprint density at radius 1 is 1.15 bits per heavy atom. The van der Waals surface area contributed by atoms with Gasteiger partial charge in [0.2, 0.25) is 0 Å². The van der Waals surface area contributed by atoms with Gasteiger partial charge in [-0.05, 0) is 12.5 Å². The SMILES string of the molecule is CCCNc1cc(-c2cnc3c(c2)OCCO3)ncn1. The molecule has 0 bridgehead atoms. The average Bonchev–Trinajstić information content (AvgIpc) is 2.53. The minimum absolute atomic E-state index is 0.540. The molecule has 20 heavy (non-hydrogen) atoms. The number of aromatic nitrogens is 3. The lowest BCUT2D eigenvalue weighted by Gasteiger charge is -2.17. The summed E-state index contributed by atoms with van der Waals surface area (Å²) in [7, 11) is 0. The van der Waals surface area contributed by atoms with Crippen LogP contribution in [0.4, 0.5) is 5.82 Å². The lowest BCUT2D eigenvalue weighted by Crippen LogP contribution is -2.16. The second kappa shape index (κ2) is 5.73. The second-order valence-electron chi connectivity index (χ2n) is 4.44. The normalized spacial score (nSPS) is 13.1. The summed E-state index contributed by atoms with van der Waals surface area (Å²) in [6.07, 6.45) is 4.33. The van der Waals surface area contributed by atoms with Gasteiger partial charge >= 0.3 is 0 Å². The first kappa shape index (κ1) is 12.7. The summed E-state index contributed by atoms with van der Waals surface area (Å²) in [6.45, 7) is 4.08. The fourth-order valence-corrected chi connectivity index (χ4v) is 1.94. The molecule has 6 heteroatoms. The lowest BCUT2D eigenvalue weighted by atomic mass is 10.2. The molecule has 0 saturated carbocycles. The molecule has 2 aromatic rings. The number of hydrogen-bond acceptors (Lipinski definition) is 6. The number of nitrogens with one attached hydrogen (secondary N) is 1. The van der Waals surface area contributed by atoms with Crippen LogP contribution in [-0.4, -0.2) is 34.7 Å². The van der Waals surface area contributed by atoms with Crippen molar-refractivity contribution in [1.82, 2.24) is 15.0 Å². The highest BCUT2D eigenvalue weighted by Gasteiger charge is 2.14. The molecule has 1 aliphatic heterocycles. The molecule has 0 amide bonds. The van der Waals surface area contributed by atoms with Crippen LogP contribution in [0.2, 0.25) is 0 Å². The molecule has 0 radical (unpaired) electrons. The van der Waals surface area contributed by atoms with E-state index in [9.17, 15) is 0 Å². The maximum atomic E-state index is 5.53. The van der Waals surface area contributed by atoms with Crippen molar-refractivity contribution < 1.29 is 9.47 Å². The van der Waals surface area contributed by atoms with E-state index in [1.807, 2.05) is 12.1 Å². The number of pyridine rings is 1. The van der Waals surface area contributed by atoms with Gasteiger partial charge in [0.05, 0.1) is 5.69 Å². The van der Waals surface area contributed by atoms with Gasteiger partial charge in [0.15, 0.2) is 5.75 Å². The number of hydrogen-bond donors (Lipinski definition) is 1. The predicted octanol–water partition coefficient (Wildman–Crippen LogP) is 2.13. The molecule has 0 atom stereocenters. The maximum Gasteiger partial charge on any atom is 0.257 e. The van der Waals surface area contributed by atoms with Crippen LogP contribution in [0.5, 0.6) is 11.6 Å². The quantitative estimate of drug-likeness (QED) is 0.919. The van der Waals surface area contributed by atoms with E-state index in [4.69, 9.17) is 9.47 Å². The molecule has 3 heterocycles. The van der Waals surface area contributed by atoms with Gasteiger partial charge in [-0.3, -0.25) is 0 Å². The van der Waals surface area contributed by atoms with Gasteiger partial charge in [-0.2, -0.15) is 0 Å². The molecule has 0 unspecified atom stereocenters. The standard InChI is InChI=1S/C14H16N4O2/c1-2-3-15-13-7-11(17-9-18-13)10-6-12-14(16-8-10)20-5-4-19-12/h6-9H,2-5H2,1H3,(H,15,17,18). The minimum Gasteiger partial charge on any atom is -0.484 e. The van der Waals surface area contributed by atoms with Crippen LogP contribution in [0.15, 0.2) is 24.7 Å². The van der Waals surface area contributed by atoms with Crippen LogP contribution in [0, 0.1) is 0 Å². The van der Waals surface area contributed by atoms with Crippen molar-refractivity contribution in [3.63, 3.8) is 0 Å². The number of nitrogens with zero attached hydrogens (tertiary/aromatic N) is 3. The third-order valence-corrected chi connectivity index (χ3v) is 2.92. The molecule has 0 saturated heterocycles. The molecule has 0 spiro atoms. The molecule has 1 aliphatic rings. The number of ether oxygens (including phenoxy) is 2.